The summed E-state index contributed by atoms with van der Waals surface area (Å²) in [6.07, 6.45) is 3.32. The zero-order valence-electron chi connectivity index (χ0n) is 29.9. The summed E-state index contributed by atoms with van der Waals surface area (Å²) in [6, 6.07) is 21.9. The number of nitrogens with one attached hydrogen (secondary N) is 2. The molecule has 0 saturated carbocycles. The molecule has 49 heavy (non-hydrogen) atoms. The van der Waals surface area contributed by atoms with Crippen LogP contribution in [0.2, 0.25) is 10.0 Å². The Morgan fingerprint density at radius 2 is 1.59 bits per heavy atom. The molecular weight excluding hydrogens is 661 g/mol. The number of carbonyl (C=O) groups excluding carboxylic acids is 3. The van der Waals surface area contributed by atoms with Crippen molar-refractivity contribution in [1.29, 1.82) is 0 Å². The van der Waals surface area contributed by atoms with Crippen LogP contribution in [0.1, 0.15) is 77.5 Å². The quantitative estimate of drug-likeness (QED) is 0.238. The molecule has 2 heterocycles. The number of ether oxygens (including phenoxy) is 2. The highest BCUT2D eigenvalue weighted by atomic mass is 35.5. The van der Waals surface area contributed by atoms with Crippen LogP contribution in [0.3, 0.4) is 0 Å². The molecule has 8 nitrogen and oxygen atoms in total. The molecule has 2 saturated heterocycles. The number of aryl methyl sites for hydroxylation is 1. The third-order valence-corrected chi connectivity index (χ3v) is 8.32. The maximum Gasteiger partial charge on any atom is 0.229 e. The molecule has 0 aliphatic carbocycles. The van der Waals surface area contributed by atoms with E-state index in [2.05, 4.69) is 15.5 Å². The molecule has 3 aromatic carbocycles. The van der Waals surface area contributed by atoms with Gasteiger partial charge in [-0.1, -0.05) is 79.0 Å². The molecule has 0 aromatic heterocycles. The monoisotopic (exact) mass is 713 g/mol. The summed E-state index contributed by atoms with van der Waals surface area (Å²) in [5.41, 5.74) is 2.50. The third kappa shape index (κ3) is 15.3. The van der Waals surface area contributed by atoms with Crippen LogP contribution in [-0.4, -0.2) is 61.4 Å². The van der Waals surface area contributed by atoms with Crippen molar-refractivity contribution in [3.05, 3.63) is 94.0 Å². The Morgan fingerprint density at radius 3 is 2.14 bits per heavy atom. The van der Waals surface area contributed by atoms with Crippen molar-refractivity contribution >= 4 is 47.0 Å². The summed E-state index contributed by atoms with van der Waals surface area (Å²) < 4.78 is 11.3. The molecule has 2 fully saturated rings. The molecule has 2 amide bonds. The molecular formula is C39H53Cl2N3O5. The van der Waals surface area contributed by atoms with Gasteiger partial charge in [-0.3, -0.25) is 14.5 Å². The average Bonchev–Trinajstić information content (AvgIpc) is 3.08. The fourth-order valence-electron chi connectivity index (χ4n) is 5.11. The van der Waals surface area contributed by atoms with Crippen LogP contribution in [0.25, 0.3) is 0 Å². The second-order valence-electron chi connectivity index (χ2n) is 12.6. The molecule has 0 radical (unpaired) electrons. The molecule has 0 spiro atoms. The van der Waals surface area contributed by atoms with Gasteiger partial charge in [0, 0.05) is 47.9 Å². The number of nitrogens with zero attached hydrogens (tertiary/aromatic N) is 1. The SMILES string of the molecule is CC.COC(C)(C)C.Cc1ccc(OC2CCN(CC=O)CC2)c([C@H]2NC(=O)CCC2C(=O)Nc2cccc(Cl)c2)c1.Clc1ccccc1. The van der Waals surface area contributed by atoms with E-state index in [0.717, 1.165) is 48.4 Å². The molecule has 2 aliphatic rings. The van der Waals surface area contributed by atoms with Gasteiger partial charge in [0.1, 0.15) is 18.1 Å². The van der Waals surface area contributed by atoms with Gasteiger partial charge in [-0.15, -0.1) is 0 Å². The van der Waals surface area contributed by atoms with Crippen LogP contribution in [0.15, 0.2) is 72.8 Å². The Hall–Kier alpha value is -3.43. The lowest BCUT2D eigenvalue weighted by Crippen LogP contribution is -2.44. The molecule has 268 valence electrons. The number of carbonyl (C=O) groups is 3. The van der Waals surface area contributed by atoms with Gasteiger partial charge < -0.3 is 24.9 Å². The molecule has 2 N–H and O–H groups in total. The van der Waals surface area contributed by atoms with Crippen LogP contribution in [0, 0.1) is 12.8 Å². The molecule has 2 atom stereocenters. The van der Waals surface area contributed by atoms with Gasteiger partial charge in [-0.05, 0) is 83.4 Å². The summed E-state index contributed by atoms with van der Waals surface area (Å²) in [5, 5.41) is 7.32. The lowest BCUT2D eigenvalue weighted by molar-refractivity contribution is -0.128. The van der Waals surface area contributed by atoms with Gasteiger partial charge in [-0.2, -0.15) is 0 Å². The van der Waals surface area contributed by atoms with Crippen molar-refractivity contribution in [3.8, 4) is 5.75 Å². The minimum Gasteiger partial charge on any atom is -0.490 e. The van der Waals surface area contributed by atoms with E-state index in [1.807, 2.05) is 90.1 Å². The second-order valence-corrected chi connectivity index (χ2v) is 13.5. The Labute approximate surface area is 302 Å². The number of anilines is 1. The first-order chi connectivity index (χ1) is 23.4. The van der Waals surface area contributed by atoms with Crippen LogP contribution in [0.4, 0.5) is 5.69 Å². The Bertz CT molecular complexity index is 1440. The van der Waals surface area contributed by atoms with Crippen LogP contribution in [0.5, 0.6) is 5.75 Å². The summed E-state index contributed by atoms with van der Waals surface area (Å²) in [7, 11) is 1.71. The Morgan fingerprint density at radius 1 is 0.959 bits per heavy atom. The fraction of sp³-hybridized carbons (Fsp3) is 0.462. The van der Waals surface area contributed by atoms with E-state index < -0.39 is 12.0 Å². The highest BCUT2D eigenvalue weighted by Crippen LogP contribution is 2.37. The number of rotatable bonds is 7. The van der Waals surface area contributed by atoms with E-state index in [1.54, 1.807) is 31.4 Å². The molecule has 2 aliphatic heterocycles. The van der Waals surface area contributed by atoms with Gasteiger partial charge in [0.2, 0.25) is 11.8 Å². The Balaban J connectivity index is 0.000000462. The highest BCUT2D eigenvalue weighted by Gasteiger charge is 2.37. The average molecular weight is 715 g/mol. The van der Waals surface area contributed by atoms with Gasteiger partial charge in [0.25, 0.3) is 0 Å². The maximum atomic E-state index is 13.3. The van der Waals surface area contributed by atoms with E-state index >= 15 is 0 Å². The van der Waals surface area contributed by atoms with E-state index in [9.17, 15) is 14.4 Å². The van der Waals surface area contributed by atoms with Crippen molar-refractivity contribution in [2.75, 3.05) is 32.1 Å². The van der Waals surface area contributed by atoms with E-state index in [1.165, 1.54) is 0 Å². The first kappa shape index (κ1) is 41.7. The normalized spacial score (nSPS) is 17.8. The van der Waals surface area contributed by atoms with Gasteiger partial charge in [0.05, 0.1) is 24.1 Å². The summed E-state index contributed by atoms with van der Waals surface area (Å²) >= 11 is 11.6. The minimum absolute atomic E-state index is 0.0161. The highest BCUT2D eigenvalue weighted by molar-refractivity contribution is 6.31. The molecule has 1 unspecified atom stereocenters. The summed E-state index contributed by atoms with van der Waals surface area (Å²) in [4.78, 5) is 38.5. The number of hydrogen-bond acceptors (Lipinski definition) is 6. The van der Waals surface area contributed by atoms with E-state index in [-0.39, 0.29) is 23.5 Å². The van der Waals surface area contributed by atoms with Crippen molar-refractivity contribution < 1.29 is 23.9 Å². The third-order valence-electron chi connectivity index (χ3n) is 7.84. The number of amides is 2. The number of aldehydes is 1. The minimum atomic E-state index is -0.495. The number of benzene rings is 3. The van der Waals surface area contributed by atoms with Crippen LogP contribution < -0.4 is 15.4 Å². The van der Waals surface area contributed by atoms with Crippen molar-refractivity contribution in [1.82, 2.24) is 10.2 Å². The van der Waals surface area contributed by atoms with Gasteiger partial charge in [-0.25, -0.2) is 0 Å². The smallest absolute Gasteiger partial charge is 0.229 e. The van der Waals surface area contributed by atoms with Crippen LogP contribution in [-0.2, 0) is 19.1 Å². The largest absolute Gasteiger partial charge is 0.490 e. The standard InChI is InChI=1S/C26H30ClN3O4.C6H5Cl.C5H12O.C2H6/c1-17-5-7-23(34-20-9-11-30(12-10-20)13-14-31)22(15-17)25-21(6-8-24(32)29-25)26(33)28-19-4-2-3-18(27)16-19;7-6-4-2-1-3-5-6;1-5(2,3)6-4;1-2/h2-5,7,14-16,20-21,25H,6,8-13H2,1H3,(H,28,33)(H,29,32);1-5H;1-4H3;1-2H3/t21?,25-;;;/m0.../s1. The second kappa shape index (κ2) is 21.6. The number of piperidine rings is 2. The molecule has 3 aromatic rings. The maximum absolute atomic E-state index is 13.3. The van der Waals surface area contributed by atoms with Crippen molar-refractivity contribution in [3.63, 3.8) is 0 Å². The summed E-state index contributed by atoms with van der Waals surface area (Å²) in [6.45, 7) is 14.1. The van der Waals surface area contributed by atoms with E-state index in [0.29, 0.717) is 35.8 Å². The lowest BCUT2D eigenvalue weighted by Gasteiger charge is -2.35. The number of halogens is 2. The number of methoxy groups -OCH3 is 1. The number of likely N-dealkylation sites (tertiary alicyclic amines) is 1. The lowest BCUT2D eigenvalue weighted by atomic mass is 9.84. The topological polar surface area (TPSA) is 97.0 Å². The van der Waals surface area contributed by atoms with E-state index in [4.69, 9.17) is 32.7 Å². The van der Waals surface area contributed by atoms with Crippen molar-refractivity contribution in [2.45, 2.75) is 85.0 Å². The summed E-state index contributed by atoms with van der Waals surface area (Å²) in [5.74, 6) is -0.00390. The Kier molecular flexibility index (Phi) is 18.4. The molecule has 5 rings (SSSR count). The molecule has 0 bridgehead atoms. The fourth-order valence-corrected chi connectivity index (χ4v) is 5.44. The first-order valence-electron chi connectivity index (χ1n) is 16.9. The predicted octanol–water partition coefficient (Wildman–Crippen LogP) is 8.69. The molecule has 10 heteroatoms. The zero-order chi connectivity index (χ0) is 36.4. The van der Waals surface area contributed by atoms with Crippen LogP contribution >= 0.6 is 23.2 Å². The zero-order valence-corrected chi connectivity index (χ0v) is 31.4. The van der Waals surface area contributed by atoms with Gasteiger partial charge >= 0.3 is 0 Å². The van der Waals surface area contributed by atoms with Gasteiger partial charge in [0.15, 0.2) is 0 Å². The first-order valence-corrected chi connectivity index (χ1v) is 17.7. The van der Waals surface area contributed by atoms with Crippen molar-refractivity contribution in [2.24, 2.45) is 5.92 Å². The predicted molar refractivity (Wildman–Crippen MR) is 201 cm³/mol. The number of hydrogen-bond donors (Lipinski definition) is 2.